The largest absolute Gasteiger partial charge is 0.463 e. The van der Waals surface area contributed by atoms with Crippen molar-refractivity contribution in [2.75, 3.05) is 19.7 Å². The molecule has 74 valence electrons. The van der Waals surface area contributed by atoms with Gasteiger partial charge in [0.2, 0.25) is 0 Å². The number of carbonyl (C=O) groups excluding carboxylic acids is 1. The molecule has 1 aliphatic heterocycles. The Bertz CT molecular complexity index is 183. The summed E-state index contributed by atoms with van der Waals surface area (Å²) in [5.41, 5.74) is 0. The minimum absolute atomic E-state index is 0.228. The van der Waals surface area contributed by atoms with Gasteiger partial charge in [0, 0.05) is 6.08 Å². The van der Waals surface area contributed by atoms with E-state index in [4.69, 9.17) is 4.74 Å². The third-order valence-corrected chi connectivity index (χ3v) is 2.17. The quantitative estimate of drug-likeness (QED) is 0.524. The Morgan fingerprint density at radius 3 is 3.15 bits per heavy atom. The summed E-state index contributed by atoms with van der Waals surface area (Å²) < 4.78 is 4.77. The summed E-state index contributed by atoms with van der Waals surface area (Å²) in [6, 6.07) is 0. The molecule has 0 spiro atoms. The highest BCUT2D eigenvalue weighted by atomic mass is 16.5. The molecule has 1 fully saturated rings. The van der Waals surface area contributed by atoms with Gasteiger partial charge in [0.05, 0.1) is 6.61 Å². The van der Waals surface area contributed by atoms with Gasteiger partial charge in [0.15, 0.2) is 0 Å². The molecule has 1 heterocycles. The first-order chi connectivity index (χ1) is 6.33. The minimum atomic E-state index is -0.228. The molecule has 0 amide bonds. The SMILES string of the molecule is CCOC(=O)/C=C/C[C@H]1CCNC1. The molecule has 13 heavy (non-hydrogen) atoms. The zero-order valence-electron chi connectivity index (χ0n) is 8.08. The lowest BCUT2D eigenvalue weighted by atomic mass is 10.1. The predicted octanol–water partition coefficient (Wildman–Crippen LogP) is 1.11. The van der Waals surface area contributed by atoms with Crippen LogP contribution >= 0.6 is 0 Å². The highest BCUT2D eigenvalue weighted by molar-refractivity contribution is 5.81. The van der Waals surface area contributed by atoms with Crippen molar-refractivity contribution in [3.63, 3.8) is 0 Å². The van der Waals surface area contributed by atoms with Crippen molar-refractivity contribution < 1.29 is 9.53 Å². The highest BCUT2D eigenvalue weighted by Crippen LogP contribution is 2.12. The molecule has 0 radical (unpaired) electrons. The van der Waals surface area contributed by atoms with E-state index in [0.29, 0.717) is 12.5 Å². The van der Waals surface area contributed by atoms with Gasteiger partial charge < -0.3 is 10.1 Å². The van der Waals surface area contributed by atoms with Gasteiger partial charge in [-0.2, -0.15) is 0 Å². The molecular formula is C10H17NO2. The molecular weight excluding hydrogens is 166 g/mol. The van der Waals surface area contributed by atoms with Crippen molar-refractivity contribution in [3.05, 3.63) is 12.2 Å². The maximum absolute atomic E-state index is 10.9. The predicted molar refractivity (Wildman–Crippen MR) is 51.4 cm³/mol. The Kier molecular flexibility index (Phi) is 4.54. The summed E-state index contributed by atoms with van der Waals surface area (Å²) in [6.07, 6.45) is 5.64. The van der Waals surface area contributed by atoms with E-state index in [1.165, 1.54) is 12.5 Å². The molecule has 3 nitrogen and oxygen atoms in total. The van der Waals surface area contributed by atoms with Crippen LogP contribution in [0.15, 0.2) is 12.2 Å². The van der Waals surface area contributed by atoms with Gasteiger partial charge in [0.1, 0.15) is 0 Å². The van der Waals surface area contributed by atoms with Gasteiger partial charge >= 0.3 is 5.97 Å². The van der Waals surface area contributed by atoms with Crippen LogP contribution in [0.4, 0.5) is 0 Å². The molecule has 1 rings (SSSR count). The van der Waals surface area contributed by atoms with Gasteiger partial charge in [-0.05, 0) is 38.8 Å². The lowest BCUT2D eigenvalue weighted by molar-refractivity contribution is -0.137. The molecule has 0 bridgehead atoms. The summed E-state index contributed by atoms with van der Waals surface area (Å²) >= 11 is 0. The normalized spacial score (nSPS) is 22.4. The number of rotatable bonds is 4. The second kappa shape index (κ2) is 5.75. The fourth-order valence-electron chi connectivity index (χ4n) is 1.46. The summed E-state index contributed by atoms with van der Waals surface area (Å²) in [5.74, 6) is 0.471. The van der Waals surface area contributed by atoms with Gasteiger partial charge in [-0.15, -0.1) is 0 Å². The average Bonchev–Trinajstić information content (AvgIpc) is 2.57. The lowest BCUT2D eigenvalue weighted by Crippen LogP contribution is -2.08. The van der Waals surface area contributed by atoms with Crippen LogP contribution in [0, 0.1) is 5.92 Å². The van der Waals surface area contributed by atoms with Crippen molar-refractivity contribution in [1.82, 2.24) is 5.32 Å². The Balaban J connectivity index is 2.12. The zero-order valence-corrected chi connectivity index (χ0v) is 8.08. The van der Waals surface area contributed by atoms with E-state index in [0.717, 1.165) is 19.5 Å². The number of hydrogen-bond acceptors (Lipinski definition) is 3. The van der Waals surface area contributed by atoms with Crippen molar-refractivity contribution in [2.45, 2.75) is 19.8 Å². The zero-order chi connectivity index (χ0) is 9.52. The average molecular weight is 183 g/mol. The molecule has 0 aromatic rings. The molecule has 1 atom stereocenters. The van der Waals surface area contributed by atoms with Gasteiger partial charge in [-0.25, -0.2) is 4.79 Å². The molecule has 1 aliphatic rings. The number of allylic oxidation sites excluding steroid dienone is 1. The van der Waals surface area contributed by atoms with Crippen LogP contribution in [0.25, 0.3) is 0 Å². The number of carbonyl (C=O) groups is 1. The summed E-state index contributed by atoms with van der Waals surface area (Å²) in [7, 11) is 0. The Labute approximate surface area is 79.2 Å². The van der Waals surface area contributed by atoms with Crippen LogP contribution in [-0.2, 0) is 9.53 Å². The number of ether oxygens (including phenoxy) is 1. The third kappa shape index (κ3) is 4.08. The van der Waals surface area contributed by atoms with E-state index in [9.17, 15) is 4.79 Å². The summed E-state index contributed by atoms with van der Waals surface area (Å²) in [5, 5.41) is 3.29. The first-order valence-corrected chi connectivity index (χ1v) is 4.87. The van der Waals surface area contributed by atoms with E-state index in [1.54, 1.807) is 0 Å². The van der Waals surface area contributed by atoms with Gasteiger partial charge in [-0.3, -0.25) is 0 Å². The molecule has 0 aromatic heterocycles. The van der Waals surface area contributed by atoms with Crippen molar-refractivity contribution >= 4 is 5.97 Å². The van der Waals surface area contributed by atoms with Crippen molar-refractivity contribution in [2.24, 2.45) is 5.92 Å². The lowest BCUT2D eigenvalue weighted by Gasteiger charge is -2.01. The van der Waals surface area contributed by atoms with E-state index in [1.807, 2.05) is 13.0 Å². The summed E-state index contributed by atoms with van der Waals surface area (Å²) in [4.78, 5) is 10.9. The first-order valence-electron chi connectivity index (χ1n) is 4.87. The maximum Gasteiger partial charge on any atom is 0.330 e. The molecule has 0 aliphatic carbocycles. The monoisotopic (exact) mass is 183 g/mol. The van der Waals surface area contributed by atoms with Crippen molar-refractivity contribution in [3.8, 4) is 0 Å². The fraction of sp³-hybridized carbons (Fsp3) is 0.700. The smallest absolute Gasteiger partial charge is 0.330 e. The minimum Gasteiger partial charge on any atom is -0.463 e. The van der Waals surface area contributed by atoms with Crippen LogP contribution < -0.4 is 5.32 Å². The maximum atomic E-state index is 10.9. The van der Waals surface area contributed by atoms with Crippen LogP contribution in [0.3, 0.4) is 0 Å². The molecule has 0 aromatic carbocycles. The topological polar surface area (TPSA) is 38.3 Å². The molecule has 1 N–H and O–H groups in total. The second-order valence-electron chi connectivity index (χ2n) is 3.25. The van der Waals surface area contributed by atoms with Crippen LogP contribution in [-0.4, -0.2) is 25.7 Å². The Hall–Kier alpha value is -0.830. The first kappa shape index (κ1) is 10.3. The van der Waals surface area contributed by atoms with Crippen LogP contribution in [0.2, 0.25) is 0 Å². The summed E-state index contributed by atoms with van der Waals surface area (Å²) in [6.45, 7) is 4.45. The van der Waals surface area contributed by atoms with Gasteiger partial charge in [-0.1, -0.05) is 6.08 Å². The van der Waals surface area contributed by atoms with E-state index < -0.39 is 0 Å². The van der Waals surface area contributed by atoms with Gasteiger partial charge in [0.25, 0.3) is 0 Å². The molecule has 0 unspecified atom stereocenters. The molecule has 0 saturated carbocycles. The molecule has 3 heteroatoms. The van der Waals surface area contributed by atoms with E-state index >= 15 is 0 Å². The van der Waals surface area contributed by atoms with Crippen LogP contribution in [0.1, 0.15) is 19.8 Å². The highest BCUT2D eigenvalue weighted by Gasteiger charge is 2.12. The standard InChI is InChI=1S/C10H17NO2/c1-2-13-10(12)5-3-4-9-6-7-11-8-9/h3,5,9,11H,2,4,6-8H2,1H3/b5-3+/t9-/m0/s1. The number of hydrogen-bond donors (Lipinski definition) is 1. The second-order valence-corrected chi connectivity index (χ2v) is 3.25. The van der Waals surface area contributed by atoms with E-state index in [2.05, 4.69) is 5.32 Å². The van der Waals surface area contributed by atoms with E-state index in [-0.39, 0.29) is 5.97 Å². The molecule has 1 saturated heterocycles. The number of nitrogens with one attached hydrogen (secondary N) is 1. The van der Waals surface area contributed by atoms with Crippen LogP contribution in [0.5, 0.6) is 0 Å². The Morgan fingerprint density at radius 1 is 1.69 bits per heavy atom. The van der Waals surface area contributed by atoms with Crippen molar-refractivity contribution in [1.29, 1.82) is 0 Å². The fourth-order valence-corrected chi connectivity index (χ4v) is 1.46. The Morgan fingerprint density at radius 2 is 2.54 bits per heavy atom. The number of esters is 1. The third-order valence-electron chi connectivity index (χ3n) is 2.17.